The van der Waals surface area contributed by atoms with Crippen molar-refractivity contribution in [2.75, 3.05) is 56.6 Å². The van der Waals surface area contributed by atoms with E-state index in [1.54, 1.807) is 18.2 Å². The van der Waals surface area contributed by atoms with Gasteiger partial charge in [-0.05, 0) is 68.1 Å². The lowest BCUT2D eigenvalue weighted by molar-refractivity contribution is -0.145. The number of likely N-dealkylation sites (tertiary alicyclic amines) is 1. The number of hydrogen-bond acceptors (Lipinski definition) is 7. The third-order valence-corrected chi connectivity index (χ3v) is 10.1. The zero-order valence-corrected chi connectivity index (χ0v) is 25.3. The lowest BCUT2D eigenvalue weighted by Gasteiger charge is -2.54. The van der Waals surface area contributed by atoms with E-state index in [0.29, 0.717) is 41.8 Å². The molecule has 3 fully saturated rings. The van der Waals surface area contributed by atoms with Crippen LogP contribution in [0.25, 0.3) is 32.8 Å². The number of phenols is 1. The van der Waals surface area contributed by atoms with E-state index in [4.69, 9.17) is 21.6 Å². The van der Waals surface area contributed by atoms with Crippen LogP contribution in [0.15, 0.2) is 55.1 Å². The quantitative estimate of drug-likeness (QED) is 0.311. The molecule has 0 bridgehead atoms. The van der Waals surface area contributed by atoms with E-state index in [0.717, 1.165) is 36.8 Å². The van der Waals surface area contributed by atoms with Gasteiger partial charge in [-0.15, -0.1) is 0 Å². The molecule has 0 saturated carbocycles. The third-order valence-electron chi connectivity index (χ3n) is 9.82. The first-order chi connectivity index (χ1) is 20.6. The van der Waals surface area contributed by atoms with Gasteiger partial charge in [-0.2, -0.15) is 4.98 Å². The molecule has 10 heteroatoms. The minimum absolute atomic E-state index is 0.0320. The number of halogens is 2. The smallest absolute Gasteiger partial charge is 0.246 e. The first-order valence-corrected chi connectivity index (χ1v) is 15.0. The van der Waals surface area contributed by atoms with Gasteiger partial charge >= 0.3 is 0 Å². The predicted molar refractivity (Wildman–Crippen MR) is 169 cm³/mol. The van der Waals surface area contributed by atoms with Crippen LogP contribution in [0, 0.1) is 11.2 Å². The summed E-state index contributed by atoms with van der Waals surface area (Å²) in [6.45, 7) is 9.30. The molecule has 0 radical (unpaired) electrons. The number of aromatic hydroxyl groups is 1. The number of rotatable bonds is 5. The average molecular weight is 601 g/mol. The molecule has 1 N–H and O–H groups in total. The van der Waals surface area contributed by atoms with Gasteiger partial charge in [0.1, 0.15) is 17.1 Å². The van der Waals surface area contributed by atoms with Gasteiger partial charge in [0.25, 0.3) is 0 Å². The van der Waals surface area contributed by atoms with Crippen LogP contribution in [0.3, 0.4) is 0 Å². The van der Waals surface area contributed by atoms with Crippen LogP contribution >= 0.6 is 11.6 Å². The number of carbonyl (C=O) groups is 1. The van der Waals surface area contributed by atoms with Crippen LogP contribution in [0.5, 0.6) is 5.75 Å². The topological polar surface area (TPSA) is 76.0 Å². The second-order valence-corrected chi connectivity index (χ2v) is 12.8. The fraction of sp³-hybridized carbons (Fsp3) is 0.364. The average Bonchev–Trinajstić information content (AvgIpc) is 3.42. The normalized spacial score (nSPS) is 22.1. The van der Waals surface area contributed by atoms with Crippen molar-refractivity contribution in [2.45, 2.75) is 25.4 Å². The molecular weight excluding hydrogens is 567 g/mol. The highest BCUT2D eigenvalue weighted by molar-refractivity contribution is 6.35. The Labute approximate surface area is 255 Å². The van der Waals surface area contributed by atoms with Gasteiger partial charge < -0.3 is 24.7 Å². The Bertz CT molecular complexity index is 1810. The standard InChI is InChI=1S/C33H34ClFN6O2/c1-5-27(43)41-18-33(19(41)2)10-11-39(17-33)31-25-14-26(34)28(24-13-22(42)12-20-8-6-7-9-23(20)24)29(35)30(25)36-32(37-31)40-15-21(16-40)38(3)4/h5-9,12-14,19,21,42H,1,10-11,15-18H2,2-4H3. The molecule has 8 nitrogen and oxygen atoms in total. The third kappa shape index (κ3) is 4.32. The molecule has 1 spiro atoms. The van der Waals surface area contributed by atoms with E-state index in [2.05, 4.69) is 28.2 Å². The Balaban J connectivity index is 1.36. The molecule has 222 valence electrons. The summed E-state index contributed by atoms with van der Waals surface area (Å²) in [6.07, 6.45) is 2.26. The molecule has 7 rings (SSSR count). The summed E-state index contributed by atoms with van der Waals surface area (Å²) in [5, 5.41) is 12.9. The van der Waals surface area contributed by atoms with Crippen molar-refractivity contribution >= 4 is 50.9 Å². The van der Waals surface area contributed by atoms with Crippen LogP contribution < -0.4 is 9.80 Å². The highest BCUT2D eigenvalue weighted by Crippen LogP contribution is 2.48. The van der Waals surface area contributed by atoms with Gasteiger partial charge in [0.2, 0.25) is 11.9 Å². The molecule has 2 atom stereocenters. The number of aromatic nitrogens is 2. The number of benzene rings is 3. The van der Waals surface area contributed by atoms with Crippen LogP contribution in [-0.4, -0.2) is 89.7 Å². The Morgan fingerprint density at radius 3 is 2.63 bits per heavy atom. The summed E-state index contributed by atoms with van der Waals surface area (Å²) in [4.78, 5) is 30.4. The fourth-order valence-electron chi connectivity index (χ4n) is 7.00. The van der Waals surface area contributed by atoms with Crippen molar-refractivity contribution in [1.29, 1.82) is 0 Å². The highest BCUT2D eigenvalue weighted by atomic mass is 35.5. The minimum atomic E-state index is -0.540. The number of fused-ring (bicyclic) bond motifs is 2. The molecule has 4 heterocycles. The lowest BCUT2D eigenvalue weighted by atomic mass is 9.71. The highest BCUT2D eigenvalue weighted by Gasteiger charge is 2.55. The van der Waals surface area contributed by atoms with E-state index >= 15 is 4.39 Å². The SMILES string of the molecule is C=CC(=O)N1CC2(CCN(c3nc(N4CC(N(C)C)C4)nc4c(F)c(-c5cc(O)cc6ccccc56)c(Cl)cc34)C2)C1C. The maximum atomic E-state index is 16.8. The molecule has 43 heavy (non-hydrogen) atoms. The maximum absolute atomic E-state index is 16.8. The van der Waals surface area contributed by atoms with E-state index in [1.165, 1.54) is 6.08 Å². The summed E-state index contributed by atoms with van der Waals surface area (Å²) in [7, 11) is 4.10. The van der Waals surface area contributed by atoms with E-state index < -0.39 is 5.82 Å². The second kappa shape index (κ2) is 10.1. The van der Waals surface area contributed by atoms with E-state index in [1.807, 2.05) is 43.3 Å². The number of phenolic OH excluding ortho intramolecular Hbond substituents is 1. The predicted octanol–water partition coefficient (Wildman–Crippen LogP) is 5.31. The first-order valence-electron chi connectivity index (χ1n) is 14.6. The zero-order chi connectivity index (χ0) is 30.2. The number of amides is 1. The Kier molecular flexibility index (Phi) is 6.52. The van der Waals surface area contributed by atoms with Gasteiger partial charge in [-0.25, -0.2) is 9.37 Å². The van der Waals surface area contributed by atoms with Crippen LogP contribution in [0.1, 0.15) is 13.3 Å². The Morgan fingerprint density at radius 2 is 1.91 bits per heavy atom. The van der Waals surface area contributed by atoms with Crippen molar-refractivity contribution in [3.05, 3.63) is 66.0 Å². The molecule has 1 amide bonds. The number of anilines is 2. The lowest BCUT2D eigenvalue weighted by Crippen LogP contribution is -2.65. The number of likely N-dealkylation sites (N-methyl/N-ethyl adjacent to an activating group) is 1. The molecule has 3 aliphatic rings. The maximum Gasteiger partial charge on any atom is 0.246 e. The zero-order valence-electron chi connectivity index (χ0n) is 24.5. The second-order valence-electron chi connectivity index (χ2n) is 12.4. The molecule has 0 aliphatic carbocycles. The molecule has 2 unspecified atom stereocenters. The van der Waals surface area contributed by atoms with Crippen molar-refractivity contribution in [3.63, 3.8) is 0 Å². The molecule has 3 aromatic carbocycles. The van der Waals surface area contributed by atoms with Crippen molar-refractivity contribution in [3.8, 4) is 16.9 Å². The first kappa shape index (κ1) is 27.9. The van der Waals surface area contributed by atoms with Gasteiger partial charge in [0.15, 0.2) is 5.82 Å². The molecule has 3 saturated heterocycles. The summed E-state index contributed by atoms with van der Waals surface area (Å²) in [6, 6.07) is 12.9. The van der Waals surface area contributed by atoms with Gasteiger partial charge in [0.05, 0.1) is 5.02 Å². The van der Waals surface area contributed by atoms with Crippen molar-refractivity contribution < 1.29 is 14.3 Å². The fourth-order valence-corrected chi connectivity index (χ4v) is 7.30. The summed E-state index contributed by atoms with van der Waals surface area (Å²) in [5.41, 5.74) is 0.849. The van der Waals surface area contributed by atoms with Crippen molar-refractivity contribution in [2.24, 2.45) is 5.41 Å². The molecule has 3 aliphatic heterocycles. The van der Waals surface area contributed by atoms with Gasteiger partial charge in [-0.3, -0.25) is 4.79 Å². The van der Waals surface area contributed by atoms with Crippen LogP contribution in [-0.2, 0) is 4.79 Å². The molecule has 4 aromatic rings. The number of hydrogen-bond donors (Lipinski definition) is 1. The van der Waals surface area contributed by atoms with E-state index in [9.17, 15) is 9.90 Å². The van der Waals surface area contributed by atoms with Gasteiger partial charge in [-0.1, -0.05) is 42.4 Å². The monoisotopic (exact) mass is 600 g/mol. The molecular formula is C33H34ClFN6O2. The Hall–Kier alpha value is -3.95. The van der Waals surface area contributed by atoms with Crippen LogP contribution in [0.4, 0.5) is 16.2 Å². The minimum Gasteiger partial charge on any atom is -0.508 e. The number of carbonyl (C=O) groups excluding carboxylic acids is 1. The largest absolute Gasteiger partial charge is 0.508 e. The summed E-state index contributed by atoms with van der Waals surface area (Å²) < 4.78 is 16.8. The van der Waals surface area contributed by atoms with Crippen LogP contribution in [0.2, 0.25) is 5.02 Å². The summed E-state index contributed by atoms with van der Waals surface area (Å²) in [5.74, 6) is 0.574. The van der Waals surface area contributed by atoms with E-state index in [-0.39, 0.29) is 39.2 Å². The Morgan fingerprint density at radius 1 is 1.14 bits per heavy atom. The summed E-state index contributed by atoms with van der Waals surface area (Å²) >= 11 is 6.89. The number of nitrogens with zero attached hydrogens (tertiary/aromatic N) is 6. The molecule has 1 aromatic heterocycles. The van der Waals surface area contributed by atoms with Gasteiger partial charge in [0, 0.05) is 61.2 Å². The van der Waals surface area contributed by atoms with Crippen molar-refractivity contribution in [1.82, 2.24) is 19.8 Å².